The van der Waals surface area contributed by atoms with Gasteiger partial charge in [-0.25, -0.2) is 0 Å². The summed E-state index contributed by atoms with van der Waals surface area (Å²) in [4.78, 5) is 2.41. The number of rotatable bonds is 4. The van der Waals surface area contributed by atoms with Crippen LogP contribution in [0.2, 0.25) is 0 Å². The third kappa shape index (κ3) is 2.88. The van der Waals surface area contributed by atoms with Crippen LogP contribution in [0.3, 0.4) is 0 Å². The lowest BCUT2D eigenvalue weighted by atomic mass is 10.1. The first-order valence-corrected chi connectivity index (χ1v) is 6.74. The summed E-state index contributed by atoms with van der Waals surface area (Å²) in [7, 11) is 2.04. The summed E-state index contributed by atoms with van der Waals surface area (Å²) in [5, 5.41) is 7.45. The highest BCUT2D eigenvalue weighted by Gasteiger charge is 2.19. The van der Waals surface area contributed by atoms with Crippen molar-refractivity contribution in [2.45, 2.75) is 25.4 Å². The van der Waals surface area contributed by atoms with Gasteiger partial charge in [-0.2, -0.15) is 0 Å². The van der Waals surface area contributed by atoms with Crippen LogP contribution in [-0.2, 0) is 6.54 Å². The van der Waals surface area contributed by atoms with Crippen LogP contribution in [0.1, 0.15) is 18.5 Å². The molecule has 5 heteroatoms. The molecule has 0 unspecified atom stereocenters. The Labute approximate surface area is 112 Å². The minimum absolute atomic E-state index is 0.659. The second-order valence-electron chi connectivity index (χ2n) is 5.00. The molecule has 1 fully saturated rings. The van der Waals surface area contributed by atoms with Crippen molar-refractivity contribution in [1.82, 2.24) is 15.4 Å². The third-order valence-electron chi connectivity index (χ3n) is 3.70. The fourth-order valence-corrected chi connectivity index (χ4v) is 2.53. The van der Waals surface area contributed by atoms with Gasteiger partial charge in [0, 0.05) is 31.7 Å². The molecule has 0 aliphatic carbocycles. The predicted octanol–water partition coefficient (Wildman–Crippen LogP) is 2.12. The van der Waals surface area contributed by atoms with Crippen LogP contribution in [0, 0.1) is 0 Å². The standard InChI is InChI=1S/C14H19N3O2/c1-15-11-4-6-17(7-5-11)10-12-9-14(19-16-12)13-3-2-8-18-13/h2-3,8-9,11,15H,4-7,10H2,1H3. The number of nitrogens with one attached hydrogen (secondary N) is 1. The molecular weight excluding hydrogens is 242 g/mol. The molecule has 19 heavy (non-hydrogen) atoms. The molecule has 1 saturated heterocycles. The molecule has 0 aromatic carbocycles. The second-order valence-corrected chi connectivity index (χ2v) is 5.00. The number of aromatic nitrogens is 1. The zero-order valence-electron chi connectivity index (χ0n) is 11.1. The molecule has 0 saturated carbocycles. The average Bonchev–Trinajstić information content (AvgIpc) is 3.10. The lowest BCUT2D eigenvalue weighted by molar-refractivity contribution is 0.190. The summed E-state index contributed by atoms with van der Waals surface area (Å²) in [6, 6.07) is 6.35. The minimum Gasteiger partial charge on any atom is -0.461 e. The molecule has 5 nitrogen and oxygen atoms in total. The number of hydrogen-bond donors (Lipinski definition) is 1. The summed E-state index contributed by atoms with van der Waals surface area (Å²) >= 11 is 0. The summed E-state index contributed by atoms with van der Waals surface area (Å²) in [5.74, 6) is 1.43. The van der Waals surface area contributed by atoms with E-state index >= 15 is 0 Å². The zero-order valence-corrected chi connectivity index (χ0v) is 11.1. The van der Waals surface area contributed by atoms with Crippen LogP contribution < -0.4 is 5.32 Å². The van der Waals surface area contributed by atoms with Crippen LogP contribution in [0.25, 0.3) is 11.5 Å². The van der Waals surface area contributed by atoms with E-state index in [-0.39, 0.29) is 0 Å². The van der Waals surface area contributed by atoms with Crippen LogP contribution in [0.5, 0.6) is 0 Å². The first-order chi connectivity index (χ1) is 9.35. The Bertz CT molecular complexity index is 499. The van der Waals surface area contributed by atoms with Gasteiger partial charge < -0.3 is 14.3 Å². The zero-order chi connectivity index (χ0) is 13.1. The molecule has 2 aromatic heterocycles. The van der Waals surface area contributed by atoms with Crippen LogP contribution in [-0.4, -0.2) is 36.2 Å². The topological polar surface area (TPSA) is 54.4 Å². The number of hydrogen-bond acceptors (Lipinski definition) is 5. The van der Waals surface area contributed by atoms with Crippen LogP contribution in [0.4, 0.5) is 0 Å². The second kappa shape index (κ2) is 5.59. The van der Waals surface area contributed by atoms with Crippen molar-refractivity contribution >= 4 is 0 Å². The molecule has 102 valence electrons. The molecule has 0 amide bonds. The highest BCUT2D eigenvalue weighted by atomic mass is 16.5. The van der Waals surface area contributed by atoms with E-state index in [1.165, 1.54) is 12.8 Å². The van der Waals surface area contributed by atoms with E-state index in [1.807, 2.05) is 25.2 Å². The lowest BCUT2D eigenvalue weighted by Gasteiger charge is -2.30. The van der Waals surface area contributed by atoms with E-state index in [2.05, 4.69) is 15.4 Å². The van der Waals surface area contributed by atoms with Gasteiger partial charge in [-0.3, -0.25) is 4.90 Å². The molecule has 3 heterocycles. The summed E-state index contributed by atoms with van der Waals surface area (Å²) in [5.41, 5.74) is 0.967. The van der Waals surface area contributed by atoms with Gasteiger partial charge in [0.05, 0.1) is 12.0 Å². The quantitative estimate of drug-likeness (QED) is 0.913. The van der Waals surface area contributed by atoms with Crippen molar-refractivity contribution in [2.24, 2.45) is 0 Å². The van der Waals surface area contributed by atoms with E-state index in [0.717, 1.165) is 31.1 Å². The number of likely N-dealkylation sites (tertiary alicyclic amines) is 1. The summed E-state index contributed by atoms with van der Waals surface area (Å²) in [6.45, 7) is 3.06. The van der Waals surface area contributed by atoms with E-state index < -0.39 is 0 Å². The van der Waals surface area contributed by atoms with E-state index in [1.54, 1.807) is 6.26 Å². The fraction of sp³-hybridized carbons (Fsp3) is 0.500. The lowest BCUT2D eigenvalue weighted by Crippen LogP contribution is -2.40. The Morgan fingerprint density at radius 3 is 2.89 bits per heavy atom. The minimum atomic E-state index is 0.659. The molecule has 2 aromatic rings. The first kappa shape index (κ1) is 12.4. The van der Waals surface area contributed by atoms with E-state index in [4.69, 9.17) is 8.94 Å². The smallest absolute Gasteiger partial charge is 0.202 e. The van der Waals surface area contributed by atoms with Crippen molar-refractivity contribution in [2.75, 3.05) is 20.1 Å². The normalized spacial score (nSPS) is 17.9. The Morgan fingerprint density at radius 2 is 2.21 bits per heavy atom. The molecule has 3 rings (SSSR count). The Hall–Kier alpha value is -1.59. The van der Waals surface area contributed by atoms with Crippen LogP contribution >= 0.6 is 0 Å². The molecule has 0 bridgehead atoms. The predicted molar refractivity (Wildman–Crippen MR) is 71.6 cm³/mol. The van der Waals surface area contributed by atoms with Crippen molar-refractivity contribution in [3.05, 3.63) is 30.2 Å². The van der Waals surface area contributed by atoms with E-state index in [9.17, 15) is 0 Å². The SMILES string of the molecule is CNC1CCN(Cc2cc(-c3ccco3)on2)CC1. The summed E-state index contributed by atoms with van der Waals surface area (Å²) in [6.07, 6.45) is 4.03. The maximum atomic E-state index is 5.31. The summed E-state index contributed by atoms with van der Waals surface area (Å²) < 4.78 is 10.6. The molecule has 0 spiro atoms. The number of piperidine rings is 1. The first-order valence-electron chi connectivity index (χ1n) is 6.74. The molecule has 0 radical (unpaired) electrons. The molecular formula is C14H19N3O2. The highest BCUT2D eigenvalue weighted by molar-refractivity contribution is 5.49. The Kier molecular flexibility index (Phi) is 3.66. The van der Waals surface area contributed by atoms with Crippen molar-refractivity contribution in [3.8, 4) is 11.5 Å². The maximum Gasteiger partial charge on any atom is 0.202 e. The maximum absolute atomic E-state index is 5.31. The largest absolute Gasteiger partial charge is 0.461 e. The average molecular weight is 261 g/mol. The number of nitrogens with zero attached hydrogens (tertiary/aromatic N) is 2. The highest BCUT2D eigenvalue weighted by Crippen LogP contribution is 2.21. The number of furan rings is 1. The van der Waals surface area contributed by atoms with Crippen molar-refractivity contribution in [1.29, 1.82) is 0 Å². The molecule has 1 aliphatic rings. The van der Waals surface area contributed by atoms with Crippen molar-refractivity contribution in [3.63, 3.8) is 0 Å². The van der Waals surface area contributed by atoms with Gasteiger partial charge in [0.15, 0.2) is 5.76 Å². The van der Waals surface area contributed by atoms with Gasteiger partial charge in [0.1, 0.15) is 0 Å². The van der Waals surface area contributed by atoms with Gasteiger partial charge in [0.25, 0.3) is 0 Å². The third-order valence-corrected chi connectivity index (χ3v) is 3.70. The molecule has 1 N–H and O–H groups in total. The van der Waals surface area contributed by atoms with Crippen LogP contribution in [0.15, 0.2) is 33.4 Å². The molecule has 1 aliphatic heterocycles. The molecule has 0 atom stereocenters. The Balaban J connectivity index is 1.59. The monoisotopic (exact) mass is 261 g/mol. The Morgan fingerprint density at radius 1 is 1.37 bits per heavy atom. The fourth-order valence-electron chi connectivity index (χ4n) is 2.53. The van der Waals surface area contributed by atoms with Gasteiger partial charge >= 0.3 is 0 Å². The van der Waals surface area contributed by atoms with Crippen molar-refractivity contribution < 1.29 is 8.94 Å². The van der Waals surface area contributed by atoms with Gasteiger partial charge in [-0.1, -0.05) is 5.16 Å². The van der Waals surface area contributed by atoms with Gasteiger partial charge in [0.2, 0.25) is 5.76 Å². The van der Waals surface area contributed by atoms with E-state index in [0.29, 0.717) is 11.8 Å². The van der Waals surface area contributed by atoms with Gasteiger partial charge in [-0.05, 0) is 32.0 Å². The van der Waals surface area contributed by atoms with Gasteiger partial charge in [-0.15, -0.1) is 0 Å².